The first kappa shape index (κ1) is 15.9. The molecule has 2 fully saturated rings. The molecule has 4 aliphatic rings. The molecule has 0 saturated heterocycles. The molecule has 0 aromatic heterocycles. The summed E-state index contributed by atoms with van der Waals surface area (Å²) in [5.74, 6) is -2.61. The normalized spacial score (nSPS) is 34.1. The number of methoxy groups -OCH3 is 1. The van der Waals surface area contributed by atoms with E-state index < -0.39 is 23.8 Å². The summed E-state index contributed by atoms with van der Waals surface area (Å²) >= 11 is 0. The van der Waals surface area contributed by atoms with Gasteiger partial charge in [0.2, 0.25) is 5.91 Å². The molecule has 1 N–H and O–H groups in total. The lowest BCUT2D eigenvalue weighted by molar-refractivity contribution is -0.316. The second-order valence-corrected chi connectivity index (χ2v) is 7.03. The molecule has 2 saturated carbocycles. The average molecular weight is 340 g/mol. The van der Waals surface area contributed by atoms with Crippen molar-refractivity contribution in [2.75, 3.05) is 12.4 Å². The van der Waals surface area contributed by atoms with Crippen LogP contribution in [-0.4, -0.2) is 25.0 Å². The lowest BCUT2D eigenvalue weighted by Gasteiger charge is -2.44. The Balaban J connectivity index is 1.53. The number of benzene rings is 1. The van der Waals surface area contributed by atoms with Crippen LogP contribution < -0.4 is 10.4 Å². The van der Waals surface area contributed by atoms with Crippen LogP contribution in [-0.2, 0) is 14.3 Å². The molecule has 0 aliphatic heterocycles. The number of allylic oxidation sites excluding steroid dienone is 2. The van der Waals surface area contributed by atoms with Gasteiger partial charge in [-0.2, -0.15) is 0 Å². The molecule has 0 heterocycles. The number of carboxylic acid groups (broad SMARTS) is 1. The highest BCUT2D eigenvalue weighted by Crippen LogP contribution is 2.63. The van der Waals surface area contributed by atoms with Gasteiger partial charge in [0.25, 0.3) is 0 Å². The lowest BCUT2D eigenvalue weighted by Crippen LogP contribution is -2.52. The van der Waals surface area contributed by atoms with Gasteiger partial charge in [0.1, 0.15) is 0 Å². The SMILES string of the molecule is COC(=O)c1ccc(NC(=O)C2C3C=CC(C4CC34)C2C(=O)[O-])cc1. The van der Waals surface area contributed by atoms with Crippen LogP contribution >= 0.6 is 0 Å². The summed E-state index contributed by atoms with van der Waals surface area (Å²) in [4.78, 5) is 35.9. The second-order valence-electron chi connectivity index (χ2n) is 7.03. The van der Waals surface area contributed by atoms with Crippen molar-refractivity contribution in [3.8, 4) is 0 Å². The van der Waals surface area contributed by atoms with Crippen molar-refractivity contribution < 1.29 is 24.2 Å². The molecule has 130 valence electrons. The molecule has 6 atom stereocenters. The third-order valence-electron chi connectivity index (χ3n) is 5.80. The van der Waals surface area contributed by atoms with Gasteiger partial charge in [-0.25, -0.2) is 4.79 Å². The predicted molar refractivity (Wildman–Crippen MR) is 86.1 cm³/mol. The molecule has 0 radical (unpaired) electrons. The highest BCUT2D eigenvalue weighted by atomic mass is 16.5. The summed E-state index contributed by atoms with van der Waals surface area (Å²) in [6.07, 6.45) is 4.95. The van der Waals surface area contributed by atoms with Crippen LogP contribution in [0.4, 0.5) is 5.69 Å². The van der Waals surface area contributed by atoms with Crippen LogP contribution in [0.3, 0.4) is 0 Å². The van der Waals surface area contributed by atoms with Gasteiger partial charge >= 0.3 is 5.97 Å². The minimum Gasteiger partial charge on any atom is -0.550 e. The number of carbonyl (C=O) groups excluding carboxylic acids is 3. The van der Waals surface area contributed by atoms with Gasteiger partial charge in [-0.15, -0.1) is 0 Å². The molecule has 5 rings (SSSR count). The molecule has 6 heteroatoms. The zero-order chi connectivity index (χ0) is 17.7. The van der Waals surface area contributed by atoms with Crippen LogP contribution in [0.15, 0.2) is 36.4 Å². The number of aliphatic carboxylic acids is 1. The third kappa shape index (κ3) is 2.52. The van der Waals surface area contributed by atoms with Gasteiger partial charge in [0.05, 0.1) is 18.6 Å². The van der Waals surface area contributed by atoms with Crippen LogP contribution in [0.5, 0.6) is 0 Å². The molecule has 1 aromatic rings. The molecular weight excluding hydrogens is 322 g/mol. The number of anilines is 1. The maximum atomic E-state index is 12.8. The van der Waals surface area contributed by atoms with Gasteiger partial charge in [-0.1, -0.05) is 12.2 Å². The Morgan fingerprint density at radius 3 is 2.20 bits per heavy atom. The Kier molecular flexibility index (Phi) is 3.63. The molecule has 25 heavy (non-hydrogen) atoms. The third-order valence-corrected chi connectivity index (χ3v) is 5.80. The number of nitrogens with one attached hydrogen (secondary N) is 1. The van der Waals surface area contributed by atoms with E-state index in [1.54, 1.807) is 24.3 Å². The molecule has 4 aliphatic carbocycles. The van der Waals surface area contributed by atoms with Gasteiger partial charge in [0.15, 0.2) is 0 Å². The van der Waals surface area contributed by atoms with E-state index in [2.05, 4.69) is 10.1 Å². The molecule has 0 spiro atoms. The van der Waals surface area contributed by atoms with E-state index >= 15 is 0 Å². The second kappa shape index (κ2) is 5.72. The summed E-state index contributed by atoms with van der Waals surface area (Å²) in [7, 11) is 1.30. The van der Waals surface area contributed by atoms with E-state index in [1.165, 1.54) is 7.11 Å². The average Bonchev–Trinajstić information content (AvgIpc) is 3.43. The summed E-state index contributed by atoms with van der Waals surface area (Å²) in [5.41, 5.74) is 0.904. The quantitative estimate of drug-likeness (QED) is 0.647. The summed E-state index contributed by atoms with van der Waals surface area (Å²) in [6.45, 7) is 0. The van der Waals surface area contributed by atoms with Gasteiger partial charge < -0.3 is 20.0 Å². The van der Waals surface area contributed by atoms with E-state index in [0.29, 0.717) is 23.1 Å². The number of amides is 1. The molecule has 6 unspecified atom stereocenters. The van der Waals surface area contributed by atoms with E-state index in [9.17, 15) is 19.5 Å². The van der Waals surface area contributed by atoms with E-state index in [4.69, 9.17) is 0 Å². The van der Waals surface area contributed by atoms with Crippen molar-refractivity contribution >= 4 is 23.5 Å². The van der Waals surface area contributed by atoms with E-state index in [0.717, 1.165) is 6.42 Å². The van der Waals surface area contributed by atoms with Crippen LogP contribution in [0.1, 0.15) is 16.8 Å². The minimum absolute atomic E-state index is 0.0350. The molecule has 1 aromatic carbocycles. The first-order valence-electron chi connectivity index (χ1n) is 8.39. The maximum absolute atomic E-state index is 12.8. The Bertz CT molecular complexity index is 769. The molecule has 1 amide bonds. The van der Waals surface area contributed by atoms with E-state index in [1.807, 2.05) is 12.2 Å². The smallest absolute Gasteiger partial charge is 0.337 e. The number of hydrogen-bond donors (Lipinski definition) is 1. The molecular formula is C19H18NO5-. The largest absolute Gasteiger partial charge is 0.550 e. The van der Waals surface area contributed by atoms with Crippen molar-refractivity contribution in [2.24, 2.45) is 35.5 Å². The van der Waals surface area contributed by atoms with Gasteiger partial charge in [-0.3, -0.25) is 4.79 Å². The van der Waals surface area contributed by atoms with Crippen LogP contribution in [0.2, 0.25) is 0 Å². The Morgan fingerprint density at radius 1 is 1.04 bits per heavy atom. The van der Waals surface area contributed by atoms with E-state index in [-0.39, 0.29) is 17.7 Å². The number of hydrogen-bond acceptors (Lipinski definition) is 5. The van der Waals surface area contributed by atoms with Crippen LogP contribution in [0.25, 0.3) is 0 Å². The molecule has 6 nitrogen and oxygen atoms in total. The lowest BCUT2D eigenvalue weighted by atomic mass is 9.62. The number of rotatable bonds is 4. The Morgan fingerprint density at radius 2 is 1.64 bits per heavy atom. The maximum Gasteiger partial charge on any atom is 0.337 e. The van der Waals surface area contributed by atoms with Crippen molar-refractivity contribution in [2.45, 2.75) is 6.42 Å². The summed E-state index contributed by atoms with van der Waals surface area (Å²) in [6, 6.07) is 6.33. The number of carboxylic acids is 1. The highest BCUT2D eigenvalue weighted by molar-refractivity contribution is 5.96. The first-order valence-corrected chi connectivity index (χ1v) is 8.39. The minimum atomic E-state index is -1.15. The number of fused-ring (bicyclic) bond motifs is 1. The first-order chi connectivity index (χ1) is 12.0. The van der Waals surface area contributed by atoms with Gasteiger partial charge in [-0.05, 0) is 54.4 Å². The highest BCUT2D eigenvalue weighted by Gasteiger charge is 2.61. The zero-order valence-corrected chi connectivity index (χ0v) is 13.7. The fourth-order valence-corrected chi connectivity index (χ4v) is 4.59. The van der Waals surface area contributed by atoms with Gasteiger partial charge in [0, 0.05) is 17.6 Å². The number of ether oxygens (including phenoxy) is 1. The summed E-state index contributed by atoms with van der Waals surface area (Å²) in [5, 5.41) is 14.4. The standard InChI is InChI=1S/C19H19NO5/c1-25-19(24)9-2-4-10(5-3-9)20-17(21)15-11-6-7-12(14-8-13(11)14)16(15)18(22)23/h2-7,11-16H,8H2,1H3,(H,20,21)(H,22,23)/p-1. The number of esters is 1. The topological polar surface area (TPSA) is 95.5 Å². The fourth-order valence-electron chi connectivity index (χ4n) is 4.59. The van der Waals surface area contributed by atoms with Crippen molar-refractivity contribution in [1.29, 1.82) is 0 Å². The Hall–Kier alpha value is -2.63. The fraction of sp³-hybridized carbons (Fsp3) is 0.421. The van der Waals surface area contributed by atoms with Crippen LogP contribution in [0, 0.1) is 35.5 Å². The number of carbonyl (C=O) groups is 3. The molecule has 2 bridgehead atoms. The van der Waals surface area contributed by atoms with Crippen molar-refractivity contribution in [1.82, 2.24) is 0 Å². The monoisotopic (exact) mass is 340 g/mol. The van der Waals surface area contributed by atoms with Crippen molar-refractivity contribution in [3.05, 3.63) is 42.0 Å². The zero-order valence-electron chi connectivity index (χ0n) is 13.7. The van der Waals surface area contributed by atoms with Crippen molar-refractivity contribution in [3.63, 3.8) is 0 Å². The predicted octanol–water partition coefficient (Wildman–Crippen LogP) is 0.846. The Labute approximate surface area is 144 Å². The summed E-state index contributed by atoms with van der Waals surface area (Å²) < 4.78 is 4.64.